The lowest BCUT2D eigenvalue weighted by atomic mass is 10.2. The SMILES string of the molecule is CCOc1cc(/C=C2\SC(=NC(=O)c3ccccc3)NC2=O)c(Br)cc1O. The summed E-state index contributed by atoms with van der Waals surface area (Å²) in [6.07, 6.45) is 1.64. The summed E-state index contributed by atoms with van der Waals surface area (Å²) in [7, 11) is 0. The van der Waals surface area contributed by atoms with Crippen molar-refractivity contribution < 1.29 is 19.4 Å². The van der Waals surface area contributed by atoms with Gasteiger partial charge in [-0.05, 0) is 54.6 Å². The molecule has 0 atom stereocenters. The number of ether oxygens (including phenoxy) is 1. The van der Waals surface area contributed by atoms with Crippen molar-refractivity contribution in [3.8, 4) is 11.5 Å². The molecule has 0 bridgehead atoms. The van der Waals surface area contributed by atoms with Crippen LogP contribution in [0, 0.1) is 0 Å². The standard InChI is InChI=1S/C19H15BrN2O4S/c1-2-26-15-8-12(13(20)10-14(15)23)9-16-18(25)22-19(27-16)21-17(24)11-6-4-3-5-7-11/h3-10,23H,2H2,1H3,(H,21,22,24,25)/b16-9-. The second-order valence-corrected chi connectivity index (χ2v) is 7.31. The number of aliphatic imine (C=N–C) groups is 1. The number of carbonyl (C=O) groups excluding carboxylic acids is 2. The fourth-order valence-corrected chi connectivity index (χ4v) is 3.56. The predicted octanol–water partition coefficient (Wildman–Crippen LogP) is 3.95. The molecule has 2 aromatic carbocycles. The molecule has 0 radical (unpaired) electrons. The first kappa shape index (κ1) is 19.2. The van der Waals surface area contributed by atoms with Crippen molar-refractivity contribution in [3.63, 3.8) is 0 Å². The van der Waals surface area contributed by atoms with Crippen LogP contribution < -0.4 is 10.1 Å². The Bertz CT molecular complexity index is 958. The van der Waals surface area contributed by atoms with Crippen LogP contribution in [0.4, 0.5) is 0 Å². The third-order valence-corrected chi connectivity index (χ3v) is 5.14. The smallest absolute Gasteiger partial charge is 0.279 e. The van der Waals surface area contributed by atoms with Gasteiger partial charge in [-0.15, -0.1) is 0 Å². The number of aromatic hydroxyl groups is 1. The largest absolute Gasteiger partial charge is 0.504 e. The first-order chi connectivity index (χ1) is 13.0. The molecule has 0 unspecified atom stereocenters. The number of halogens is 1. The molecule has 1 saturated heterocycles. The number of hydrogen-bond donors (Lipinski definition) is 2. The highest BCUT2D eigenvalue weighted by atomic mass is 79.9. The molecule has 0 saturated carbocycles. The van der Waals surface area contributed by atoms with Crippen LogP contribution in [0.15, 0.2) is 56.8 Å². The second-order valence-electron chi connectivity index (χ2n) is 5.43. The number of amides is 2. The van der Waals surface area contributed by atoms with Gasteiger partial charge < -0.3 is 15.2 Å². The lowest BCUT2D eigenvalue weighted by Gasteiger charge is -2.08. The van der Waals surface area contributed by atoms with Crippen LogP contribution in [0.2, 0.25) is 0 Å². The molecular weight excluding hydrogens is 432 g/mol. The summed E-state index contributed by atoms with van der Waals surface area (Å²) in [6.45, 7) is 2.21. The Morgan fingerprint density at radius 2 is 2.07 bits per heavy atom. The number of phenols is 1. The van der Waals surface area contributed by atoms with E-state index < -0.39 is 5.91 Å². The Morgan fingerprint density at radius 1 is 1.33 bits per heavy atom. The monoisotopic (exact) mass is 446 g/mol. The fourth-order valence-electron chi connectivity index (χ4n) is 2.30. The summed E-state index contributed by atoms with van der Waals surface area (Å²) in [5.41, 5.74) is 1.10. The third kappa shape index (κ3) is 4.58. The lowest BCUT2D eigenvalue weighted by molar-refractivity contribution is -0.115. The minimum Gasteiger partial charge on any atom is -0.504 e. The summed E-state index contributed by atoms with van der Waals surface area (Å²) in [6, 6.07) is 11.8. The Balaban J connectivity index is 1.84. The number of rotatable bonds is 4. The quantitative estimate of drug-likeness (QED) is 0.693. The molecule has 27 heavy (non-hydrogen) atoms. The molecule has 0 aromatic heterocycles. The van der Waals surface area contributed by atoms with E-state index in [1.165, 1.54) is 6.07 Å². The van der Waals surface area contributed by atoms with Crippen LogP contribution in [0.3, 0.4) is 0 Å². The minimum absolute atomic E-state index is 0.00473. The number of hydrogen-bond acceptors (Lipinski definition) is 5. The van der Waals surface area contributed by atoms with E-state index in [-0.39, 0.29) is 16.8 Å². The van der Waals surface area contributed by atoms with Crippen LogP contribution in [0.5, 0.6) is 11.5 Å². The molecule has 1 fully saturated rings. The number of phenolic OH excluding ortho intramolecular Hbond substituents is 1. The minimum atomic E-state index is -0.427. The van der Waals surface area contributed by atoms with Gasteiger partial charge in [-0.2, -0.15) is 4.99 Å². The number of carbonyl (C=O) groups is 2. The van der Waals surface area contributed by atoms with Gasteiger partial charge in [-0.3, -0.25) is 9.59 Å². The Kier molecular flexibility index (Phi) is 5.98. The van der Waals surface area contributed by atoms with Gasteiger partial charge in [0.2, 0.25) is 0 Å². The molecule has 6 nitrogen and oxygen atoms in total. The van der Waals surface area contributed by atoms with Crippen molar-refractivity contribution >= 4 is 50.7 Å². The maximum absolute atomic E-state index is 12.2. The maximum atomic E-state index is 12.2. The highest BCUT2D eigenvalue weighted by molar-refractivity contribution is 9.10. The van der Waals surface area contributed by atoms with Crippen LogP contribution in [0.25, 0.3) is 6.08 Å². The van der Waals surface area contributed by atoms with Crippen LogP contribution >= 0.6 is 27.7 Å². The van der Waals surface area contributed by atoms with Crippen molar-refractivity contribution in [3.05, 3.63) is 63.0 Å². The zero-order valence-electron chi connectivity index (χ0n) is 14.2. The summed E-state index contributed by atoms with van der Waals surface area (Å²) < 4.78 is 5.98. The average Bonchev–Trinajstić information content (AvgIpc) is 2.99. The van der Waals surface area contributed by atoms with Gasteiger partial charge in [0.25, 0.3) is 11.8 Å². The van der Waals surface area contributed by atoms with Gasteiger partial charge in [-0.25, -0.2) is 0 Å². The highest BCUT2D eigenvalue weighted by Crippen LogP contribution is 2.35. The molecule has 0 spiro atoms. The fraction of sp³-hybridized carbons (Fsp3) is 0.105. The summed E-state index contributed by atoms with van der Waals surface area (Å²) in [4.78, 5) is 28.7. The second kappa shape index (κ2) is 8.41. The number of benzene rings is 2. The van der Waals surface area contributed by atoms with Gasteiger partial charge in [-0.1, -0.05) is 34.1 Å². The third-order valence-electron chi connectivity index (χ3n) is 3.54. The molecular formula is C19H15BrN2O4S. The Labute approximate surface area is 168 Å². The molecule has 1 aliphatic heterocycles. The highest BCUT2D eigenvalue weighted by Gasteiger charge is 2.25. The van der Waals surface area contributed by atoms with Crippen LogP contribution in [-0.2, 0) is 4.79 Å². The lowest BCUT2D eigenvalue weighted by Crippen LogP contribution is -2.20. The molecule has 1 heterocycles. The molecule has 2 aromatic rings. The van der Waals surface area contributed by atoms with Gasteiger partial charge in [0.05, 0.1) is 11.5 Å². The van der Waals surface area contributed by atoms with E-state index in [0.29, 0.717) is 32.9 Å². The van der Waals surface area contributed by atoms with E-state index in [0.717, 1.165) is 11.8 Å². The van der Waals surface area contributed by atoms with E-state index in [2.05, 4.69) is 26.2 Å². The average molecular weight is 447 g/mol. The predicted molar refractivity (Wildman–Crippen MR) is 109 cm³/mol. The van der Waals surface area contributed by atoms with Gasteiger partial charge in [0.1, 0.15) is 0 Å². The van der Waals surface area contributed by atoms with Crippen LogP contribution in [0.1, 0.15) is 22.8 Å². The first-order valence-corrected chi connectivity index (χ1v) is 9.63. The normalized spacial score (nSPS) is 16.6. The molecule has 3 rings (SSSR count). The van der Waals surface area contributed by atoms with E-state index in [1.807, 2.05) is 13.0 Å². The number of nitrogens with one attached hydrogen (secondary N) is 1. The molecule has 1 aliphatic rings. The number of thioether (sulfide) groups is 1. The molecule has 2 amide bonds. The summed E-state index contributed by atoms with van der Waals surface area (Å²) in [5, 5.41) is 12.7. The summed E-state index contributed by atoms with van der Waals surface area (Å²) >= 11 is 4.43. The first-order valence-electron chi connectivity index (χ1n) is 8.02. The van der Waals surface area contributed by atoms with E-state index in [4.69, 9.17) is 4.74 Å². The van der Waals surface area contributed by atoms with Gasteiger partial charge in [0, 0.05) is 10.0 Å². The molecule has 8 heteroatoms. The Morgan fingerprint density at radius 3 is 2.78 bits per heavy atom. The van der Waals surface area contributed by atoms with Crippen molar-refractivity contribution in [1.82, 2.24) is 5.32 Å². The van der Waals surface area contributed by atoms with Crippen molar-refractivity contribution in [1.29, 1.82) is 0 Å². The van der Waals surface area contributed by atoms with Crippen LogP contribution in [-0.4, -0.2) is 28.7 Å². The number of amidine groups is 1. The molecule has 2 N–H and O–H groups in total. The van der Waals surface area contributed by atoms with E-state index >= 15 is 0 Å². The van der Waals surface area contributed by atoms with E-state index in [9.17, 15) is 14.7 Å². The van der Waals surface area contributed by atoms with E-state index in [1.54, 1.807) is 36.4 Å². The van der Waals surface area contributed by atoms with Gasteiger partial charge >= 0.3 is 0 Å². The maximum Gasteiger partial charge on any atom is 0.279 e. The number of nitrogens with zero attached hydrogens (tertiary/aromatic N) is 1. The van der Waals surface area contributed by atoms with Crippen molar-refractivity contribution in [2.24, 2.45) is 4.99 Å². The van der Waals surface area contributed by atoms with Gasteiger partial charge in [0.15, 0.2) is 16.7 Å². The van der Waals surface area contributed by atoms with Crippen molar-refractivity contribution in [2.45, 2.75) is 6.92 Å². The van der Waals surface area contributed by atoms with Crippen molar-refractivity contribution in [2.75, 3.05) is 6.61 Å². The zero-order chi connectivity index (χ0) is 19.4. The zero-order valence-corrected chi connectivity index (χ0v) is 16.6. The Hall–Kier alpha value is -2.58. The topological polar surface area (TPSA) is 88.0 Å². The molecule has 0 aliphatic carbocycles. The summed E-state index contributed by atoms with van der Waals surface area (Å²) in [5.74, 6) is -0.448. The molecule has 138 valence electrons.